The zero-order valence-electron chi connectivity index (χ0n) is 12.7. The Morgan fingerprint density at radius 3 is 2.78 bits per heavy atom. The monoisotopic (exact) mass is 329 g/mol. The van der Waals surface area contributed by atoms with E-state index in [1.807, 2.05) is 19.1 Å². The van der Waals surface area contributed by atoms with E-state index in [9.17, 15) is 4.79 Å². The third kappa shape index (κ3) is 2.34. The smallest absolute Gasteiger partial charge is 0.283 e. The second kappa shape index (κ2) is 5.45. The number of rotatable bonds is 2. The van der Waals surface area contributed by atoms with E-state index in [0.717, 1.165) is 36.9 Å². The molecule has 6 nitrogen and oxygen atoms in total. The standard InChI is InChI=1S/C16H16ClN5O/c1-10-6-7-12(8-13(10)17)22-15-14(19-20-22)16(23)21(9-18-15)11-4-2-3-5-11/h6-9,11H,2-5H2,1H3. The van der Waals surface area contributed by atoms with E-state index in [0.29, 0.717) is 16.2 Å². The van der Waals surface area contributed by atoms with Gasteiger partial charge in [0.05, 0.1) is 5.69 Å². The second-order valence-corrected chi connectivity index (χ2v) is 6.41. The molecule has 4 rings (SSSR count). The number of aromatic nitrogens is 5. The van der Waals surface area contributed by atoms with Crippen molar-refractivity contribution in [3.05, 3.63) is 45.5 Å². The molecule has 0 amide bonds. The topological polar surface area (TPSA) is 65.6 Å². The largest absolute Gasteiger partial charge is 0.294 e. The molecule has 0 spiro atoms. The maximum Gasteiger partial charge on any atom is 0.283 e. The summed E-state index contributed by atoms with van der Waals surface area (Å²) in [5, 5.41) is 8.79. The lowest BCUT2D eigenvalue weighted by atomic mass is 10.2. The number of aryl methyl sites for hydroxylation is 1. The van der Waals surface area contributed by atoms with Gasteiger partial charge in [-0.05, 0) is 37.5 Å². The molecular weight excluding hydrogens is 314 g/mol. The van der Waals surface area contributed by atoms with Crippen LogP contribution in [0.3, 0.4) is 0 Å². The highest BCUT2D eigenvalue weighted by atomic mass is 35.5. The quantitative estimate of drug-likeness (QED) is 0.724. The average Bonchev–Trinajstić information content (AvgIpc) is 3.20. The molecule has 2 heterocycles. The van der Waals surface area contributed by atoms with Crippen molar-refractivity contribution in [3.63, 3.8) is 0 Å². The fourth-order valence-corrected chi connectivity index (χ4v) is 3.33. The van der Waals surface area contributed by atoms with Gasteiger partial charge in [-0.1, -0.05) is 35.7 Å². The summed E-state index contributed by atoms with van der Waals surface area (Å²) in [5.74, 6) is 0. The SMILES string of the molecule is Cc1ccc(-n2nnc3c(=O)n(C4CCCC4)cnc32)cc1Cl. The van der Waals surface area contributed by atoms with Crippen molar-refractivity contribution in [2.45, 2.75) is 38.6 Å². The Kier molecular flexibility index (Phi) is 3.41. The van der Waals surface area contributed by atoms with E-state index in [4.69, 9.17) is 11.6 Å². The van der Waals surface area contributed by atoms with Crippen LogP contribution in [0.1, 0.15) is 37.3 Å². The van der Waals surface area contributed by atoms with Gasteiger partial charge < -0.3 is 0 Å². The summed E-state index contributed by atoms with van der Waals surface area (Å²) in [6, 6.07) is 5.83. The summed E-state index contributed by atoms with van der Waals surface area (Å²) >= 11 is 6.18. The second-order valence-electron chi connectivity index (χ2n) is 6.00. The van der Waals surface area contributed by atoms with Crippen molar-refractivity contribution in [1.82, 2.24) is 24.5 Å². The van der Waals surface area contributed by atoms with Crippen molar-refractivity contribution in [3.8, 4) is 5.69 Å². The molecule has 7 heteroatoms. The molecule has 1 fully saturated rings. The Morgan fingerprint density at radius 2 is 2.04 bits per heavy atom. The van der Waals surface area contributed by atoms with Crippen molar-refractivity contribution < 1.29 is 0 Å². The summed E-state index contributed by atoms with van der Waals surface area (Å²) in [4.78, 5) is 17.1. The van der Waals surface area contributed by atoms with Crippen LogP contribution in [0.4, 0.5) is 0 Å². The maximum atomic E-state index is 12.7. The highest BCUT2D eigenvalue weighted by molar-refractivity contribution is 6.31. The number of benzene rings is 1. The predicted octanol–water partition coefficient (Wildman–Crippen LogP) is 3.05. The number of hydrogen-bond acceptors (Lipinski definition) is 4. The number of halogens is 1. The molecule has 0 unspecified atom stereocenters. The van der Waals surface area contributed by atoms with Crippen LogP contribution in [0.2, 0.25) is 5.02 Å². The lowest BCUT2D eigenvalue weighted by Gasteiger charge is -2.12. The third-order valence-electron chi connectivity index (χ3n) is 4.51. The number of nitrogens with zero attached hydrogens (tertiary/aromatic N) is 5. The molecule has 1 aliphatic rings. The molecule has 2 aromatic heterocycles. The zero-order chi connectivity index (χ0) is 16.0. The molecule has 0 aliphatic heterocycles. The van der Waals surface area contributed by atoms with E-state index >= 15 is 0 Å². The minimum atomic E-state index is -0.119. The van der Waals surface area contributed by atoms with Gasteiger partial charge in [-0.15, -0.1) is 5.10 Å². The molecule has 0 saturated heterocycles. The third-order valence-corrected chi connectivity index (χ3v) is 4.91. The summed E-state index contributed by atoms with van der Waals surface area (Å²) in [7, 11) is 0. The molecule has 0 N–H and O–H groups in total. The average molecular weight is 330 g/mol. The van der Waals surface area contributed by atoms with Crippen LogP contribution in [-0.2, 0) is 0 Å². The maximum absolute atomic E-state index is 12.7. The van der Waals surface area contributed by atoms with Crippen LogP contribution in [0.15, 0.2) is 29.3 Å². The molecular formula is C16H16ClN5O. The first-order valence-corrected chi connectivity index (χ1v) is 8.12. The molecule has 1 saturated carbocycles. The summed E-state index contributed by atoms with van der Waals surface area (Å²) in [5.41, 5.74) is 2.37. The number of fused-ring (bicyclic) bond motifs is 1. The van der Waals surface area contributed by atoms with Gasteiger partial charge in [-0.3, -0.25) is 9.36 Å². The summed E-state index contributed by atoms with van der Waals surface area (Å²) in [6.45, 7) is 1.93. The van der Waals surface area contributed by atoms with Crippen LogP contribution in [0.25, 0.3) is 16.9 Å². The first-order chi connectivity index (χ1) is 11.1. The van der Waals surface area contributed by atoms with Crippen LogP contribution in [0, 0.1) is 6.92 Å². The fraction of sp³-hybridized carbons (Fsp3) is 0.375. The van der Waals surface area contributed by atoms with Crippen LogP contribution >= 0.6 is 11.6 Å². The molecule has 23 heavy (non-hydrogen) atoms. The molecule has 1 aromatic carbocycles. The van der Waals surface area contributed by atoms with E-state index in [2.05, 4.69) is 15.3 Å². The van der Waals surface area contributed by atoms with Crippen molar-refractivity contribution >= 4 is 22.8 Å². The Balaban J connectivity index is 1.85. The fourth-order valence-electron chi connectivity index (χ4n) is 3.15. The lowest BCUT2D eigenvalue weighted by molar-refractivity contribution is 0.498. The molecule has 0 bridgehead atoms. The normalized spacial score (nSPS) is 15.6. The van der Waals surface area contributed by atoms with Gasteiger partial charge in [0.15, 0.2) is 11.2 Å². The van der Waals surface area contributed by atoms with E-state index in [-0.39, 0.29) is 11.6 Å². The molecule has 0 radical (unpaired) electrons. The molecule has 118 valence electrons. The van der Waals surface area contributed by atoms with Gasteiger partial charge in [-0.25, -0.2) is 4.98 Å². The van der Waals surface area contributed by atoms with Gasteiger partial charge in [-0.2, -0.15) is 4.68 Å². The zero-order valence-corrected chi connectivity index (χ0v) is 13.5. The Bertz CT molecular complexity index is 939. The predicted molar refractivity (Wildman–Crippen MR) is 88.2 cm³/mol. The van der Waals surface area contributed by atoms with Gasteiger partial charge in [0, 0.05) is 11.1 Å². The van der Waals surface area contributed by atoms with Crippen LogP contribution in [-0.4, -0.2) is 24.5 Å². The van der Waals surface area contributed by atoms with Crippen molar-refractivity contribution in [2.24, 2.45) is 0 Å². The number of hydrogen-bond donors (Lipinski definition) is 0. The van der Waals surface area contributed by atoms with E-state index in [1.165, 1.54) is 0 Å². The van der Waals surface area contributed by atoms with Crippen LogP contribution in [0.5, 0.6) is 0 Å². The summed E-state index contributed by atoms with van der Waals surface area (Å²) in [6.07, 6.45) is 5.98. The Hall–Kier alpha value is -2.21. The highest BCUT2D eigenvalue weighted by Gasteiger charge is 2.21. The van der Waals surface area contributed by atoms with Crippen molar-refractivity contribution in [1.29, 1.82) is 0 Å². The first-order valence-electron chi connectivity index (χ1n) is 7.74. The van der Waals surface area contributed by atoms with Gasteiger partial charge in [0.1, 0.15) is 6.33 Å². The molecule has 3 aromatic rings. The van der Waals surface area contributed by atoms with Gasteiger partial charge >= 0.3 is 0 Å². The van der Waals surface area contributed by atoms with Gasteiger partial charge in [0.25, 0.3) is 5.56 Å². The Labute approximate surface area is 137 Å². The first kappa shape index (κ1) is 14.4. The molecule has 1 aliphatic carbocycles. The minimum Gasteiger partial charge on any atom is -0.294 e. The highest BCUT2D eigenvalue weighted by Crippen LogP contribution is 2.28. The lowest BCUT2D eigenvalue weighted by Crippen LogP contribution is -2.24. The summed E-state index contributed by atoms with van der Waals surface area (Å²) < 4.78 is 3.26. The van der Waals surface area contributed by atoms with Crippen LogP contribution < -0.4 is 5.56 Å². The van der Waals surface area contributed by atoms with E-state index in [1.54, 1.807) is 21.6 Å². The minimum absolute atomic E-state index is 0.119. The molecule has 0 atom stereocenters. The van der Waals surface area contributed by atoms with Crippen molar-refractivity contribution in [2.75, 3.05) is 0 Å². The van der Waals surface area contributed by atoms with Gasteiger partial charge in [0.2, 0.25) is 0 Å². The van der Waals surface area contributed by atoms with E-state index < -0.39 is 0 Å². The Morgan fingerprint density at radius 1 is 1.26 bits per heavy atom.